The molecule has 8 nitrogen and oxygen atoms in total. The molecule has 27 heavy (non-hydrogen) atoms. The van der Waals surface area contributed by atoms with Crippen LogP contribution in [0, 0.1) is 6.92 Å². The molecular weight excluding hydrogens is 386 g/mol. The van der Waals surface area contributed by atoms with Gasteiger partial charge in [-0.05, 0) is 25.1 Å². The van der Waals surface area contributed by atoms with Gasteiger partial charge in [0.1, 0.15) is 0 Å². The highest BCUT2D eigenvalue weighted by atomic mass is 32.2. The Morgan fingerprint density at radius 2 is 2.37 bits per heavy atom. The van der Waals surface area contributed by atoms with Gasteiger partial charge in [-0.25, -0.2) is 9.50 Å². The molecule has 0 spiro atoms. The van der Waals surface area contributed by atoms with Gasteiger partial charge in [-0.2, -0.15) is 5.10 Å². The summed E-state index contributed by atoms with van der Waals surface area (Å²) in [6.07, 6.45) is 3.57. The summed E-state index contributed by atoms with van der Waals surface area (Å²) in [6, 6.07) is 4.67. The van der Waals surface area contributed by atoms with Crippen LogP contribution in [0.25, 0.3) is 16.9 Å². The number of rotatable bonds is 3. The predicted octanol–water partition coefficient (Wildman–Crippen LogP) is 0.664. The molecule has 3 aromatic heterocycles. The average Bonchev–Trinajstić information content (AvgIpc) is 3.22. The van der Waals surface area contributed by atoms with Crippen molar-refractivity contribution in [1.82, 2.24) is 19.9 Å². The van der Waals surface area contributed by atoms with Gasteiger partial charge in [0, 0.05) is 45.4 Å². The summed E-state index contributed by atoms with van der Waals surface area (Å²) in [7, 11) is -1.06. The van der Waals surface area contributed by atoms with Crippen LogP contribution in [0.3, 0.4) is 0 Å². The van der Waals surface area contributed by atoms with Crippen molar-refractivity contribution in [2.45, 2.75) is 25.1 Å². The van der Waals surface area contributed by atoms with Crippen molar-refractivity contribution >= 4 is 33.7 Å². The number of fused-ring (bicyclic) bond motifs is 1. The van der Waals surface area contributed by atoms with E-state index in [1.165, 1.54) is 11.3 Å². The summed E-state index contributed by atoms with van der Waals surface area (Å²) < 4.78 is 13.3. The van der Waals surface area contributed by atoms with E-state index in [2.05, 4.69) is 15.4 Å². The Bertz CT molecular complexity index is 1050. The van der Waals surface area contributed by atoms with E-state index < -0.39 is 28.5 Å². The number of imidazole rings is 1. The van der Waals surface area contributed by atoms with Gasteiger partial charge in [0.05, 0.1) is 22.8 Å². The Labute approximate surface area is 161 Å². The van der Waals surface area contributed by atoms with E-state index in [1.54, 1.807) is 23.0 Å². The van der Waals surface area contributed by atoms with Crippen LogP contribution in [-0.2, 0) is 10.8 Å². The van der Waals surface area contributed by atoms with E-state index in [0.717, 1.165) is 21.8 Å². The minimum Gasteiger partial charge on any atom is -0.369 e. The minimum absolute atomic E-state index is 0.166. The van der Waals surface area contributed by atoms with E-state index in [9.17, 15) is 14.1 Å². The second kappa shape index (κ2) is 6.79. The number of carbonyl (C=O) groups excluding carboxylic acids is 1. The van der Waals surface area contributed by atoms with Gasteiger partial charge in [-0.3, -0.25) is 9.00 Å². The summed E-state index contributed by atoms with van der Waals surface area (Å²) in [5, 5.41) is 17.6. The van der Waals surface area contributed by atoms with E-state index in [-0.39, 0.29) is 12.2 Å². The van der Waals surface area contributed by atoms with Crippen molar-refractivity contribution in [3.8, 4) is 11.3 Å². The summed E-state index contributed by atoms with van der Waals surface area (Å²) in [5.74, 6) is 0.0767. The Morgan fingerprint density at radius 3 is 3.15 bits per heavy atom. The first kappa shape index (κ1) is 18.2. The average molecular weight is 406 g/mol. The SMILES string of the molecule is Cc1sc(C(=O)N[C@]2(O)CCS(=O)C[C@@H]2N)cc1-c1cnc2cccnn12. The molecule has 3 aromatic rings. The smallest absolute Gasteiger partial charge is 0.263 e. The number of thiophene rings is 1. The summed E-state index contributed by atoms with van der Waals surface area (Å²) in [5.41, 5.74) is 6.76. The zero-order chi connectivity index (χ0) is 19.2. The second-order valence-corrected chi connectivity index (χ2v) is 9.44. The monoisotopic (exact) mass is 405 g/mol. The molecule has 1 aliphatic heterocycles. The van der Waals surface area contributed by atoms with Gasteiger partial charge in [-0.1, -0.05) is 0 Å². The second-order valence-electron chi connectivity index (χ2n) is 6.56. The zero-order valence-electron chi connectivity index (χ0n) is 14.6. The lowest BCUT2D eigenvalue weighted by Crippen LogP contribution is -2.64. The van der Waals surface area contributed by atoms with Crippen LogP contribution in [-0.4, -0.2) is 53.1 Å². The first-order valence-electron chi connectivity index (χ1n) is 8.42. The van der Waals surface area contributed by atoms with Crippen LogP contribution in [0.2, 0.25) is 0 Å². The van der Waals surface area contributed by atoms with Crippen LogP contribution in [0.4, 0.5) is 0 Å². The Balaban J connectivity index is 1.61. The molecule has 1 unspecified atom stereocenters. The molecule has 0 radical (unpaired) electrons. The van der Waals surface area contributed by atoms with E-state index in [4.69, 9.17) is 5.73 Å². The standard InChI is InChI=1S/C17H19N5O3S2/c1-10-11(12-8-19-15-3-2-5-20-22(12)15)7-13(26-10)16(23)21-17(24)4-6-27(25)9-14(17)18/h2-3,5,7-8,14,24H,4,6,9,18H2,1H3,(H,21,23)/t14-,17-,27?/m0/s1. The van der Waals surface area contributed by atoms with E-state index >= 15 is 0 Å². The Morgan fingerprint density at radius 1 is 1.56 bits per heavy atom. The largest absolute Gasteiger partial charge is 0.369 e. The number of carbonyl (C=O) groups is 1. The fourth-order valence-electron chi connectivity index (χ4n) is 3.15. The van der Waals surface area contributed by atoms with Gasteiger partial charge >= 0.3 is 0 Å². The number of aryl methyl sites for hydroxylation is 1. The molecule has 10 heteroatoms. The number of amides is 1. The van der Waals surface area contributed by atoms with Crippen LogP contribution in [0.15, 0.2) is 30.6 Å². The molecule has 4 rings (SSSR count). The maximum atomic E-state index is 12.7. The number of hydrogen-bond acceptors (Lipinski definition) is 7. The van der Waals surface area contributed by atoms with Gasteiger partial charge < -0.3 is 16.2 Å². The highest BCUT2D eigenvalue weighted by Crippen LogP contribution is 2.31. The molecule has 142 valence electrons. The fraction of sp³-hybridized carbons (Fsp3) is 0.353. The molecule has 1 aliphatic rings. The van der Waals surface area contributed by atoms with Crippen molar-refractivity contribution in [3.63, 3.8) is 0 Å². The van der Waals surface area contributed by atoms with Crippen LogP contribution >= 0.6 is 11.3 Å². The van der Waals surface area contributed by atoms with Crippen LogP contribution < -0.4 is 11.1 Å². The maximum absolute atomic E-state index is 12.7. The maximum Gasteiger partial charge on any atom is 0.263 e. The summed E-state index contributed by atoms with van der Waals surface area (Å²) in [4.78, 5) is 18.4. The number of hydrogen-bond donors (Lipinski definition) is 3. The normalized spacial score (nSPS) is 25.6. The lowest BCUT2D eigenvalue weighted by Gasteiger charge is -2.37. The molecule has 1 fully saturated rings. The predicted molar refractivity (Wildman–Crippen MR) is 104 cm³/mol. The third kappa shape index (κ3) is 3.29. The lowest BCUT2D eigenvalue weighted by molar-refractivity contribution is -0.0135. The molecule has 4 N–H and O–H groups in total. The summed E-state index contributed by atoms with van der Waals surface area (Å²) >= 11 is 1.33. The fourth-order valence-corrected chi connectivity index (χ4v) is 5.46. The van der Waals surface area contributed by atoms with E-state index in [0.29, 0.717) is 10.6 Å². The highest BCUT2D eigenvalue weighted by molar-refractivity contribution is 7.85. The number of aliphatic hydroxyl groups is 1. The van der Waals surface area contributed by atoms with Crippen LogP contribution in [0.1, 0.15) is 21.0 Å². The minimum atomic E-state index is -1.55. The van der Waals surface area contributed by atoms with Gasteiger partial charge in [-0.15, -0.1) is 11.3 Å². The molecule has 4 heterocycles. The molecular formula is C17H19N5O3S2. The third-order valence-electron chi connectivity index (χ3n) is 4.72. The lowest BCUT2D eigenvalue weighted by atomic mass is 10.0. The molecule has 1 amide bonds. The first-order valence-corrected chi connectivity index (χ1v) is 10.7. The zero-order valence-corrected chi connectivity index (χ0v) is 16.2. The van der Waals surface area contributed by atoms with Crippen molar-refractivity contribution in [3.05, 3.63) is 40.3 Å². The van der Waals surface area contributed by atoms with Crippen molar-refractivity contribution < 1.29 is 14.1 Å². The first-order chi connectivity index (χ1) is 12.9. The molecule has 0 aliphatic carbocycles. The Hall–Kier alpha value is -2.14. The van der Waals surface area contributed by atoms with E-state index in [1.807, 2.05) is 19.1 Å². The molecule has 1 saturated heterocycles. The molecule has 3 atom stereocenters. The van der Waals surface area contributed by atoms with Gasteiger partial charge in [0.15, 0.2) is 11.4 Å². The van der Waals surface area contributed by atoms with Gasteiger partial charge in [0.2, 0.25) is 0 Å². The van der Waals surface area contributed by atoms with Crippen molar-refractivity contribution in [2.24, 2.45) is 5.73 Å². The van der Waals surface area contributed by atoms with Crippen LogP contribution in [0.5, 0.6) is 0 Å². The van der Waals surface area contributed by atoms with Crippen molar-refractivity contribution in [2.75, 3.05) is 11.5 Å². The number of nitrogens with two attached hydrogens (primary N) is 1. The summed E-state index contributed by atoms with van der Waals surface area (Å²) in [6.45, 7) is 1.92. The number of nitrogens with zero attached hydrogens (tertiary/aromatic N) is 3. The topological polar surface area (TPSA) is 123 Å². The van der Waals surface area contributed by atoms with Gasteiger partial charge in [0.25, 0.3) is 5.91 Å². The highest BCUT2D eigenvalue weighted by Gasteiger charge is 2.41. The number of aromatic nitrogens is 3. The molecule has 0 bridgehead atoms. The Kier molecular flexibility index (Phi) is 4.58. The quantitative estimate of drug-likeness (QED) is 0.550. The van der Waals surface area contributed by atoms with Crippen molar-refractivity contribution in [1.29, 1.82) is 0 Å². The third-order valence-corrected chi connectivity index (χ3v) is 7.15. The molecule has 0 aromatic carbocycles. The molecule has 0 saturated carbocycles. The number of nitrogens with one attached hydrogen (secondary N) is 1.